The molecule has 1 aliphatic carbocycles. The van der Waals surface area contributed by atoms with Gasteiger partial charge in [0.1, 0.15) is 0 Å². The molecule has 0 radical (unpaired) electrons. The second-order valence-electron chi connectivity index (χ2n) is 5.67. The Morgan fingerprint density at radius 1 is 1.55 bits per heavy atom. The molecule has 2 aromatic heterocycles. The van der Waals surface area contributed by atoms with Gasteiger partial charge in [-0.2, -0.15) is 4.98 Å². The quantitative estimate of drug-likeness (QED) is 0.833. The Morgan fingerprint density at radius 3 is 3.05 bits per heavy atom. The van der Waals surface area contributed by atoms with Crippen molar-refractivity contribution >= 4 is 5.91 Å². The van der Waals surface area contributed by atoms with Crippen molar-refractivity contribution in [2.45, 2.75) is 31.8 Å². The number of furan rings is 1. The van der Waals surface area contributed by atoms with Gasteiger partial charge in [0, 0.05) is 26.4 Å². The maximum Gasteiger partial charge on any atom is 0.238 e. The molecule has 1 saturated carbocycles. The molecule has 118 valence electrons. The number of aromatic nitrogens is 2. The predicted molar refractivity (Wildman–Crippen MR) is 76.7 cm³/mol. The zero-order valence-electron chi connectivity index (χ0n) is 12.4. The van der Waals surface area contributed by atoms with Crippen molar-refractivity contribution in [3.05, 3.63) is 24.3 Å². The lowest BCUT2D eigenvalue weighted by Gasteiger charge is -2.20. The highest BCUT2D eigenvalue weighted by Gasteiger charge is 2.31. The Morgan fingerprint density at radius 2 is 2.36 bits per heavy atom. The number of nitrogens with zero attached hydrogens (tertiary/aromatic N) is 3. The third-order valence-electron chi connectivity index (χ3n) is 3.82. The first-order valence-corrected chi connectivity index (χ1v) is 7.42. The number of hydrogen-bond acceptors (Lipinski definition) is 6. The summed E-state index contributed by atoms with van der Waals surface area (Å²) in [5.74, 6) is 1.63. The first-order valence-electron chi connectivity index (χ1n) is 7.42. The van der Waals surface area contributed by atoms with Crippen LogP contribution in [0.4, 0.5) is 0 Å². The van der Waals surface area contributed by atoms with Gasteiger partial charge in [0.25, 0.3) is 0 Å². The van der Waals surface area contributed by atoms with Crippen LogP contribution in [0, 0.1) is 5.92 Å². The summed E-state index contributed by atoms with van der Waals surface area (Å²) in [7, 11) is 1.70. The molecule has 7 nitrogen and oxygen atoms in total. The van der Waals surface area contributed by atoms with Gasteiger partial charge in [-0.15, -0.1) is 0 Å². The highest BCUT2D eigenvalue weighted by molar-refractivity contribution is 5.76. The van der Waals surface area contributed by atoms with Gasteiger partial charge in [-0.05, 0) is 30.9 Å². The molecule has 0 spiro atoms. The number of likely N-dealkylation sites (N-methyl/N-ethyl adjacent to an activating group) is 1. The first-order chi connectivity index (χ1) is 10.6. The van der Waals surface area contributed by atoms with Crippen molar-refractivity contribution < 1.29 is 18.8 Å². The molecular weight excluding hydrogens is 286 g/mol. The van der Waals surface area contributed by atoms with Gasteiger partial charge in [-0.25, -0.2) is 0 Å². The summed E-state index contributed by atoms with van der Waals surface area (Å²) < 4.78 is 10.3. The van der Waals surface area contributed by atoms with E-state index in [1.807, 2.05) is 0 Å². The number of hydrogen-bond donors (Lipinski definition) is 1. The Hall–Kier alpha value is -2.15. The van der Waals surface area contributed by atoms with Crippen LogP contribution in [0.1, 0.15) is 25.2 Å². The molecule has 7 heteroatoms. The fraction of sp³-hybridized carbons (Fsp3) is 0.533. The maximum atomic E-state index is 12.0. The Labute approximate surface area is 127 Å². The molecule has 1 unspecified atom stereocenters. The molecule has 22 heavy (non-hydrogen) atoms. The molecular formula is C15H19N3O4. The Balaban J connectivity index is 1.48. The fourth-order valence-electron chi connectivity index (χ4n) is 2.28. The summed E-state index contributed by atoms with van der Waals surface area (Å²) >= 11 is 0. The number of carbonyl (C=O) groups excluding carboxylic acids is 1. The molecule has 3 rings (SSSR count). The van der Waals surface area contributed by atoms with E-state index in [0.29, 0.717) is 36.4 Å². The number of amides is 1. The minimum absolute atomic E-state index is 0.0440. The topological polar surface area (TPSA) is 92.6 Å². The lowest BCUT2D eigenvalue weighted by Crippen LogP contribution is -2.35. The smallest absolute Gasteiger partial charge is 0.238 e. The van der Waals surface area contributed by atoms with Crippen LogP contribution in [0.2, 0.25) is 0 Å². The predicted octanol–water partition coefficient (Wildman–Crippen LogP) is 1.49. The van der Waals surface area contributed by atoms with Crippen LogP contribution < -0.4 is 0 Å². The van der Waals surface area contributed by atoms with Crippen LogP contribution in [0.5, 0.6) is 0 Å². The van der Waals surface area contributed by atoms with E-state index in [1.54, 1.807) is 24.1 Å². The largest absolute Gasteiger partial charge is 0.461 e. The minimum atomic E-state index is -0.414. The van der Waals surface area contributed by atoms with E-state index in [0.717, 1.165) is 12.8 Å². The fourth-order valence-corrected chi connectivity index (χ4v) is 2.28. The van der Waals surface area contributed by atoms with Crippen LogP contribution >= 0.6 is 0 Å². The molecule has 0 bridgehead atoms. The lowest BCUT2D eigenvalue weighted by molar-refractivity contribution is -0.131. The van der Waals surface area contributed by atoms with E-state index in [-0.39, 0.29) is 12.3 Å². The van der Waals surface area contributed by atoms with E-state index in [1.165, 1.54) is 6.26 Å². The zero-order chi connectivity index (χ0) is 15.5. The lowest BCUT2D eigenvalue weighted by atomic mass is 10.2. The average molecular weight is 305 g/mol. The SMILES string of the molecule is CN(CC(O)C1CC1)C(=O)CCc1nc(-c2ccco2)no1. The van der Waals surface area contributed by atoms with Gasteiger partial charge in [0.15, 0.2) is 5.76 Å². The minimum Gasteiger partial charge on any atom is -0.461 e. The van der Waals surface area contributed by atoms with Crippen LogP contribution in [0.3, 0.4) is 0 Å². The van der Waals surface area contributed by atoms with Crippen molar-refractivity contribution in [1.29, 1.82) is 0 Å². The van der Waals surface area contributed by atoms with E-state index in [9.17, 15) is 9.90 Å². The summed E-state index contributed by atoms with van der Waals surface area (Å²) in [4.78, 5) is 17.8. The van der Waals surface area contributed by atoms with Gasteiger partial charge in [0.05, 0.1) is 12.4 Å². The number of carbonyl (C=O) groups is 1. The molecule has 0 saturated heterocycles. The number of aryl methyl sites for hydroxylation is 1. The molecule has 2 heterocycles. The van der Waals surface area contributed by atoms with Crippen molar-refractivity contribution in [3.8, 4) is 11.6 Å². The number of rotatable bonds is 7. The third-order valence-corrected chi connectivity index (χ3v) is 3.82. The Bertz CT molecular complexity index is 619. The summed E-state index contributed by atoms with van der Waals surface area (Å²) in [6.07, 6.45) is 3.88. The molecule has 1 atom stereocenters. The molecule has 1 fully saturated rings. The normalized spacial score (nSPS) is 15.7. The van der Waals surface area contributed by atoms with E-state index in [4.69, 9.17) is 8.94 Å². The maximum absolute atomic E-state index is 12.0. The first kappa shape index (κ1) is 14.8. The molecule has 1 N–H and O–H groups in total. The van der Waals surface area contributed by atoms with Crippen molar-refractivity contribution in [1.82, 2.24) is 15.0 Å². The summed E-state index contributed by atoms with van der Waals surface area (Å²) in [6, 6.07) is 3.49. The number of aliphatic hydroxyl groups is 1. The van der Waals surface area contributed by atoms with Gasteiger partial charge in [-0.3, -0.25) is 4.79 Å². The monoisotopic (exact) mass is 305 g/mol. The van der Waals surface area contributed by atoms with Gasteiger partial charge in [0.2, 0.25) is 17.6 Å². The van der Waals surface area contributed by atoms with Crippen LogP contribution in [0.15, 0.2) is 27.3 Å². The second kappa shape index (κ2) is 6.31. The Kier molecular flexibility index (Phi) is 4.24. The number of aliphatic hydroxyl groups excluding tert-OH is 1. The van der Waals surface area contributed by atoms with Crippen LogP contribution in [0.25, 0.3) is 11.6 Å². The van der Waals surface area contributed by atoms with E-state index < -0.39 is 6.10 Å². The van der Waals surface area contributed by atoms with Crippen LogP contribution in [-0.4, -0.2) is 45.8 Å². The highest BCUT2D eigenvalue weighted by atomic mass is 16.5. The molecule has 1 amide bonds. The zero-order valence-corrected chi connectivity index (χ0v) is 12.4. The van der Waals surface area contributed by atoms with Gasteiger partial charge < -0.3 is 18.9 Å². The summed E-state index contributed by atoms with van der Waals surface area (Å²) in [5, 5.41) is 13.7. The average Bonchev–Trinajstić information content (AvgIpc) is 3.02. The van der Waals surface area contributed by atoms with Gasteiger partial charge in [-0.1, -0.05) is 5.16 Å². The summed E-state index contributed by atoms with van der Waals surface area (Å²) in [5.41, 5.74) is 0. The standard InChI is InChI=1S/C15H19N3O4/c1-18(9-11(19)10-4-5-10)14(20)7-6-13-16-15(17-22-13)12-3-2-8-21-12/h2-3,8,10-11,19H,4-7,9H2,1H3. The highest BCUT2D eigenvalue weighted by Crippen LogP contribution is 2.32. The van der Waals surface area contributed by atoms with Crippen molar-refractivity contribution in [3.63, 3.8) is 0 Å². The van der Waals surface area contributed by atoms with E-state index >= 15 is 0 Å². The second-order valence-corrected chi connectivity index (χ2v) is 5.67. The summed E-state index contributed by atoms with van der Waals surface area (Å²) in [6.45, 7) is 0.380. The van der Waals surface area contributed by atoms with Crippen molar-refractivity contribution in [2.75, 3.05) is 13.6 Å². The molecule has 2 aromatic rings. The van der Waals surface area contributed by atoms with E-state index in [2.05, 4.69) is 10.1 Å². The van der Waals surface area contributed by atoms with Gasteiger partial charge >= 0.3 is 0 Å². The molecule has 0 aliphatic heterocycles. The molecule has 1 aliphatic rings. The van der Waals surface area contributed by atoms with Crippen molar-refractivity contribution in [2.24, 2.45) is 5.92 Å². The molecule has 0 aromatic carbocycles. The van der Waals surface area contributed by atoms with Crippen LogP contribution in [-0.2, 0) is 11.2 Å². The third kappa shape index (κ3) is 3.54.